The summed E-state index contributed by atoms with van der Waals surface area (Å²) < 4.78 is 5.80. The Morgan fingerprint density at radius 3 is 1.43 bits per heavy atom. The zero-order valence-electron chi connectivity index (χ0n) is 11.8. The molecule has 0 unspecified atom stereocenters. The average molecular weight is 278 g/mol. The van der Waals surface area contributed by atoms with Crippen LogP contribution in [-0.4, -0.2) is 0 Å². The van der Waals surface area contributed by atoms with Gasteiger partial charge >= 0.3 is 0 Å². The van der Waals surface area contributed by atoms with Gasteiger partial charge in [0, 0.05) is 11.4 Å². The molecule has 1 aromatic heterocycles. The van der Waals surface area contributed by atoms with Crippen molar-refractivity contribution in [1.82, 2.24) is 0 Å². The summed E-state index contributed by atoms with van der Waals surface area (Å²) in [5.41, 5.74) is 2.19. The van der Waals surface area contributed by atoms with E-state index in [2.05, 4.69) is 10.6 Å². The van der Waals surface area contributed by atoms with Gasteiger partial charge in [0.25, 0.3) is 0 Å². The Hall–Kier alpha value is -2.68. The Labute approximate surface area is 124 Å². The molecule has 2 aromatic carbocycles. The Morgan fingerprint density at radius 2 is 1.00 bits per heavy atom. The smallest absolute Gasteiger partial charge is 0.123 e. The van der Waals surface area contributed by atoms with Crippen molar-refractivity contribution in [2.24, 2.45) is 0 Å². The van der Waals surface area contributed by atoms with Crippen molar-refractivity contribution >= 4 is 11.4 Å². The zero-order chi connectivity index (χ0) is 14.3. The molecule has 0 aliphatic rings. The molecule has 0 atom stereocenters. The van der Waals surface area contributed by atoms with Gasteiger partial charge < -0.3 is 15.1 Å². The third-order valence-electron chi connectivity index (χ3n) is 3.20. The molecule has 21 heavy (non-hydrogen) atoms. The summed E-state index contributed by atoms with van der Waals surface area (Å²) in [5.74, 6) is 1.87. The molecule has 3 heteroatoms. The number of para-hydroxylation sites is 2. The monoisotopic (exact) mass is 278 g/mol. The quantitative estimate of drug-likeness (QED) is 0.697. The van der Waals surface area contributed by atoms with Gasteiger partial charge in [-0.1, -0.05) is 36.4 Å². The van der Waals surface area contributed by atoms with Gasteiger partial charge in [0.15, 0.2) is 0 Å². The van der Waals surface area contributed by atoms with E-state index in [1.54, 1.807) is 0 Å². The Kier molecular flexibility index (Phi) is 4.22. The summed E-state index contributed by atoms with van der Waals surface area (Å²) in [4.78, 5) is 0. The first-order chi connectivity index (χ1) is 10.4. The van der Waals surface area contributed by atoms with Crippen LogP contribution >= 0.6 is 0 Å². The number of nitrogens with one attached hydrogen (secondary N) is 2. The minimum absolute atomic E-state index is 0.690. The molecule has 3 aromatic rings. The molecule has 0 spiro atoms. The fourth-order valence-corrected chi connectivity index (χ4v) is 2.10. The van der Waals surface area contributed by atoms with Crippen molar-refractivity contribution < 1.29 is 4.42 Å². The van der Waals surface area contributed by atoms with Crippen LogP contribution in [0.25, 0.3) is 0 Å². The van der Waals surface area contributed by atoms with E-state index >= 15 is 0 Å². The van der Waals surface area contributed by atoms with E-state index in [9.17, 15) is 0 Å². The summed E-state index contributed by atoms with van der Waals surface area (Å²) in [6, 6.07) is 24.3. The molecule has 1 heterocycles. The number of benzene rings is 2. The van der Waals surface area contributed by atoms with Crippen molar-refractivity contribution in [3.63, 3.8) is 0 Å². The summed E-state index contributed by atoms with van der Waals surface area (Å²) in [5, 5.41) is 6.67. The molecule has 0 fully saturated rings. The van der Waals surface area contributed by atoms with E-state index < -0.39 is 0 Å². The molecule has 3 nitrogen and oxygen atoms in total. The van der Waals surface area contributed by atoms with Gasteiger partial charge in [-0.15, -0.1) is 0 Å². The first-order valence-corrected chi connectivity index (χ1v) is 7.05. The summed E-state index contributed by atoms with van der Waals surface area (Å²) in [6.45, 7) is 1.38. The maximum absolute atomic E-state index is 5.80. The predicted octanol–water partition coefficient (Wildman–Crippen LogP) is 4.50. The normalized spacial score (nSPS) is 10.3. The number of anilines is 2. The highest BCUT2D eigenvalue weighted by Crippen LogP contribution is 2.13. The summed E-state index contributed by atoms with van der Waals surface area (Å²) in [7, 11) is 0. The van der Waals surface area contributed by atoms with Crippen molar-refractivity contribution in [2.75, 3.05) is 10.6 Å². The van der Waals surface area contributed by atoms with Gasteiger partial charge in [0.1, 0.15) is 11.5 Å². The van der Waals surface area contributed by atoms with E-state index in [0.29, 0.717) is 13.1 Å². The lowest BCUT2D eigenvalue weighted by atomic mass is 10.3. The Balaban J connectivity index is 1.52. The van der Waals surface area contributed by atoms with Gasteiger partial charge in [0.2, 0.25) is 0 Å². The number of rotatable bonds is 6. The van der Waals surface area contributed by atoms with Gasteiger partial charge in [-0.25, -0.2) is 0 Å². The van der Waals surface area contributed by atoms with Crippen LogP contribution in [0.15, 0.2) is 77.2 Å². The highest BCUT2D eigenvalue weighted by atomic mass is 16.3. The number of hydrogen-bond acceptors (Lipinski definition) is 3. The van der Waals surface area contributed by atoms with Crippen LogP contribution in [0.4, 0.5) is 11.4 Å². The van der Waals surface area contributed by atoms with Crippen molar-refractivity contribution in [3.8, 4) is 0 Å². The number of furan rings is 1. The van der Waals surface area contributed by atoms with Crippen LogP contribution in [0, 0.1) is 0 Å². The van der Waals surface area contributed by atoms with E-state index in [1.807, 2.05) is 72.8 Å². The molecule has 0 radical (unpaired) electrons. The lowest BCUT2D eigenvalue weighted by molar-refractivity contribution is 0.477. The molecule has 0 bridgehead atoms. The minimum atomic E-state index is 0.690. The summed E-state index contributed by atoms with van der Waals surface area (Å²) >= 11 is 0. The highest BCUT2D eigenvalue weighted by Gasteiger charge is 2.02. The molecule has 2 N–H and O–H groups in total. The van der Waals surface area contributed by atoms with E-state index in [-0.39, 0.29) is 0 Å². The predicted molar refractivity (Wildman–Crippen MR) is 86.2 cm³/mol. The third-order valence-corrected chi connectivity index (χ3v) is 3.20. The molecular formula is C18H18N2O. The average Bonchev–Trinajstić information content (AvgIpc) is 3.01. The summed E-state index contributed by atoms with van der Waals surface area (Å²) in [6.07, 6.45) is 0. The van der Waals surface area contributed by atoms with Crippen LogP contribution in [-0.2, 0) is 13.1 Å². The standard InChI is InChI=1S/C18H18N2O/c1-3-7-15(8-4-1)19-13-17-11-12-18(21-17)14-20-16-9-5-2-6-10-16/h1-12,19-20H,13-14H2. The zero-order valence-corrected chi connectivity index (χ0v) is 11.8. The fraction of sp³-hybridized carbons (Fsp3) is 0.111. The first-order valence-electron chi connectivity index (χ1n) is 7.05. The highest BCUT2D eigenvalue weighted by molar-refractivity contribution is 5.43. The Bertz CT molecular complexity index is 604. The SMILES string of the molecule is c1ccc(NCc2ccc(CNc3ccccc3)o2)cc1. The molecule has 0 saturated heterocycles. The minimum Gasteiger partial charge on any atom is -0.462 e. The van der Waals surface area contributed by atoms with Crippen LogP contribution in [0.2, 0.25) is 0 Å². The van der Waals surface area contributed by atoms with Crippen LogP contribution < -0.4 is 10.6 Å². The molecule has 0 aliphatic heterocycles. The van der Waals surface area contributed by atoms with E-state index in [0.717, 1.165) is 22.9 Å². The van der Waals surface area contributed by atoms with Crippen molar-refractivity contribution in [1.29, 1.82) is 0 Å². The molecule has 106 valence electrons. The maximum Gasteiger partial charge on any atom is 0.123 e. The molecule has 0 aliphatic carbocycles. The van der Waals surface area contributed by atoms with E-state index in [4.69, 9.17) is 4.42 Å². The van der Waals surface area contributed by atoms with Crippen LogP contribution in [0.3, 0.4) is 0 Å². The number of hydrogen-bond donors (Lipinski definition) is 2. The lowest BCUT2D eigenvalue weighted by Gasteiger charge is -2.05. The maximum atomic E-state index is 5.80. The second-order valence-corrected chi connectivity index (χ2v) is 4.81. The largest absolute Gasteiger partial charge is 0.462 e. The van der Waals surface area contributed by atoms with Gasteiger partial charge in [-0.2, -0.15) is 0 Å². The first kappa shape index (κ1) is 13.3. The topological polar surface area (TPSA) is 37.2 Å². The van der Waals surface area contributed by atoms with Gasteiger partial charge in [-0.3, -0.25) is 0 Å². The van der Waals surface area contributed by atoms with Gasteiger partial charge in [-0.05, 0) is 36.4 Å². The molecule has 0 saturated carbocycles. The molecular weight excluding hydrogens is 260 g/mol. The Morgan fingerprint density at radius 1 is 0.571 bits per heavy atom. The van der Waals surface area contributed by atoms with E-state index in [1.165, 1.54) is 0 Å². The third kappa shape index (κ3) is 3.89. The molecule has 0 amide bonds. The second kappa shape index (κ2) is 6.66. The fourth-order valence-electron chi connectivity index (χ4n) is 2.10. The lowest BCUT2D eigenvalue weighted by Crippen LogP contribution is -1.99. The van der Waals surface area contributed by atoms with Crippen molar-refractivity contribution in [2.45, 2.75) is 13.1 Å². The van der Waals surface area contributed by atoms with Crippen LogP contribution in [0.5, 0.6) is 0 Å². The van der Waals surface area contributed by atoms with Gasteiger partial charge in [0.05, 0.1) is 13.1 Å². The van der Waals surface area contributed by atoms with Crippen LogP contribution in [0.1, 0.15) is 11.5 Å². The molecule has 3 rings (SSSR count). The van der Waals surface area contributed by atoms with Crippen molar-refractivity contribution in [3.05, 3.63) is 84.3 Å². The second-order valence-electron chi connectivity index (χ2n) is 4.81.